The van der Waals surface area contributed by atoms with Gasteiger partial charge in [-0.05, 0) is 18.4 Å². The van der Waals surface area contributed by atoms with E-state index in [0.717, 1.165) is 0 Å². The van der Waals surface area contributed by atoms with Crippen molar-refractivity contribution in [2.24, 2.45) is 5.73 Å². The second kappa shape index (κ2) is 7.64. The predicted octanol–water partition coefficient (Wildman–Crippen LogP) is 4.57. The molecule has 28 heavy (non-hydrogen) atoms. The van der Waals surface area contributed by atoms with E-state index in [1.165, 1.54) is 11.1 Å². The first-order valence-corrected chi connectivity index (χ1v) is 9.81. The van der Waals surface area contributed by atoms with Gasteiger partial charge >= 0.3 is 0 Å². The van der Waals surface area contributed by atoms with Crippen molar-refractivity contribution < 1.29 is 8.83 Å². The van der Waals surface area contributed by atoms with E-state index < -0.39 is 0 Å². The standard InChI is InChI=1S/C19H16ClN5O2S/c1-10(22)5-14-16(19-24-8-11(7-21)26-19)17-18(27-14)13(6-15(20)25-17)23-9-12-3-2-4-28-12/h2-4,6,8,10H,5,9,22H2,1H3,(H,23,25)/t10-/m0/s1. The van der Waals surface area contributed by atoms with Gasteiger partial charge in [0.1, 0.15) is 28.1 Å². The number of furan rings is 1. The zero-order valence-corrected chi connectivity index (χ0v) is 16.5. The number of aromatic nitrogens is 2. The molecule has 0 saturated carbocycles. The lowest BCUT2D eigenvalue weighted by Gasteiger charge is -2.06. The van der Waals surface area contributed by atoms with Gasteiger partial charge in [-0.1, -0.05) is 17.7 Å². The molecule has 0 unspecified atom stereocenters. The molecule has 0 aliphatic carbocycles. The molecule has 4 aromatic heterocycles. The van der Waals surface area contributed by atoms with Gasteiger partial charge in [-0.15, -0.1) is 11.3 Å². The third-order valence-corrected chi connectivity index (χ3v) is 5.12. The summed E-state index contributed by atoms with van der Waals surface area (Å²) in [6.45, 7) is 2.51. The van der Waals surface area contributed by atoms with Crippen LogP contribution in [-0.4, -0.2) is 16.0 Å². The Balaban J connectivity index is 1.85. The third kappa shape index (κ3) is 3.60. The molecule has 0 radical (unpaired) electrons. The quantitative estimate of drug-likeness (QED) is 0.445. The highest BCUT2D eigenvalue weighted by Crippen LogP contribution is 2.38. The van der Waals surface area contributed by atoms with Crippen LogP contribution in [0.5, 0.6) is 0 Å². The maximum absolute atomic E-state index is 9.05. The van der Waals surface area contributed by atoms with E-state index >= 15 is 0 Å². The molecule has 0 fully saturated rings. The largest absolute Gasteiger partial charge is 0.456 e. The van der Waals surface area contributed by atoms with E-state index in [2.05, 4.69) is 15.3 Å². The number of rotatable bonds is 6. The summed E-state index contributed by atoms with van der Waals surface area (Å²) >= 11 is 7.93. The third-order valence-electron chi connectivity index (χ3n) is 4.05. The number of nitrogens with one attached hydrogen (secondary N) is 1. The minimum atomic E-state index is -0.150. The second-order valence-electron chi connectivity index (χ2n) is 6.33. The zero-order valence-electron chi connectivity index (χ0n) is 14.9. The molecule has 7 nitrogen and oxygen atoms in total. The van der Waals surface area contributed by atoms with E-state index in [4.69, 9.17) is 31.4 Å². The average molecular weight is 414 g/mol. The lowest BCUT2D eigenvalue weighted by Crippen LogP contribution is -2.17. The van der Waals surface area contributed by atoms with Crippen molar-refractivity contribution in [2.45, 2.75) is 25.9 Å². The molecule has 9 heteroatoms. The summed E-state index contributed by atoms with van der Waals surface area (Å²) in [4.78, 5) is 9.81. The number of anilines is 1. The minimum absolute atomic E-state index is 0.106. The normalized spacial score (nSPS) is 12.2. The highest BCUT2D eigenvalue weighted by Gasteiger charge is 2.25. The first-order valence-electron chi connectivity index (χ1n) is 8.55. The van der Waals surface area contributed by atoms with E-state index in [1.807, 2.05) is 30.5 Å². The van der Waals surface area contributed by atoms with Gasteiger partial charge in [-0.3, -0.25) is 0 Å². The number of oxazole rings is 1. The van der Waals surface area contributed by atoms with E-state index in [0.29, 0.717) is 46.2 Å². The van der Waals surface area contributed by atoms with Crippen LogP contribution in [-0.2, 0) is 13.0 Å². The number of hydrogen-bond acceptors (Lipinski definition) is 8. The Morgan fingerprint density at radius 1 is 1.43 bits per heavy atom. The second-order valence-corrected chi connectivity index (χ2v) is 7.75. The van der Waals surface area contributed by atoms with Gasteiger partial charge in [0.2, 0.25) is 11.7 Å². The van der Waals surface area contributed by atoms with Gasteiger partial charge in [-0.2, -0.15) is 5.26 Å². The maximum atomic E-state index is 9.05. The van der Waals surface area contributed by atoms with Crippen molar-refractivity contribution in [2.75, 3.05) is 5.32 Å². The van der Waals surface area contributed by atoms with Crippen molar-refractivity contribution in [3.63, 3.8) is 0 Å². The van der Waals surface area contributed by atoms with Gasteiger partial charge in [0, 0.05) is 30.0 Å². The van der Waals surface area contributed by atoms with Gasteiger partial charge in [0.15, 0.2) is 5.58 Å². The Labute approximate surface area is 169 Å². The average Bonchev–Trinajstić information content (AvgIpc) is 3.38. The number of hydrogen-bond donors (Lipinski definition) is 2. The summed E-state index contributed by atoms with van der Waals surface area (Å²) in [6.07, 6.45) is 1.82. The van der Waals surface area contributed by atoms with E-state index in [-0.39, 0.29) is 17.7 Å². The summed E-state index contributed by atoms with van der Waals surface area (Å²) in [5, 5.41) is 14.7. The van der Waals surface area contributed by atoms with E-state index in [9.17, 15) is 0 Å². The number of nitriles is 1. The lowest BCUT2D eigenvalue weighted by atomic mass is 10.1. The number of thiophene rings is 1. The highest BCUT2D eigenvalue weighted by molar-refractivity contribution is 7.09. The molecule has 0 saturated heterocycles. The molecule has 0 bridgehead atoms. The minimum Gasteiger partial charge on any atom is -0.456 e. The highest BCUT2D eigenvalue weighted by atomic mass is 35.5. The molecule has 3 N–H and O–H groups in total. The number of fused-ring (bicyclic) bond motifs is 1. The van der Waals surface area contributed by atoms with Crippen LogP contribution in [0.1, 0.15) is 23.3 Å². The van der Waals surface area contributed by atoms with Crippen molar-refractivity contribution in [1.29, 1.82) is 5.26 Å². The Morgan fingerprint density at radius 3 is 2.96 bits per heavy atom. The summed E-state index contributed by atoms with van der Waals surface area (Å²) in [5.74, 6) is 0.948. The summed E-state index contributed by atoms with van der Waals surface area (Å²) in [7, 11) is 0. The SMILES string of the molecule is C[C@H](N)Cc1oc2c(NCc3cccs3)cc(Cl)nc2c1-c1ncc(C#N)o1. The molecule has 4 rings (SSSR count). The molecule has 0 amide bonds. The Morgan fingerprint density at radius 2 is 2.29 bits per heavy atom. The molecule has 4 aromatic rings. The van der Waals surface area contributed by atoms with Crippen LogP contribution in [0.2, 0.25) is 5.15 Å². The van der Waals surface area contributed by atoms with Crippen LogP contribution < -0.4 is 11.1 Å². The van der Waals surface area contributed by atoms with Crippen LogP contribution in [0.3, 0.4) is 0 Å². The van der Waals surface area contributed by atoms with Crippen LogP contribution in [0.4, 0.5) is 5.69 Å². The fraction of sp³-hybridized carbons (Fsp3) is 0.211. The molecular weight excluding hydrogens is 398 g/mol. The zero-order chi connectivity index (χ0) is 19.7. The Hall–Kier alpha value is -2.86. The molecule has 0 aliphatic heterocycles. The van der Waals surface area contributed by atoms with E-state index in [1.54, 1.807) is 17.4 Å². The fourth-order valence-electron chi connectivity index (χ4n) is 2.91. The molecular formula is C19H16ClN5O2S. The van der Waals surface area contributed by atoms with Gasteiger partial charge in [0.25, 0.3) is 0 Å². The first kappa shape index (κ1) is 18.5. The molecule has 0 spiro atoms. The molecule has 0 aromatic carbocycles. The molecule has 142 valence electrons. The Bertz CT molecular complexity index is 1160. The van der Waals surface area contributed by atoms with Gasteiger partial charge in [-0.25, -0.2) is 9.97 Å². The van der Waals surface area contributed by atoms with Crippen molar-refractivity contribution in [3.8, 4) is 17.5 Å². The molecule has 0 aliphatic rings. The van der Waals surface area contributed by atoms with Crippen molar-refractivity contribution in [3.05, 3.63) is 51.3 Å². The van der Waals surface area contributed by atoms with Gasteiger partial charge in [0.05, 0.1) is 11.9 Å². The topological polar surface area (TPSA) is 114 Å². The maximum Gasteiger partial charge on any atom is 0.233 e. The van der Waals surface area contributed by atoms with Crippen LogP contribution in [0, 0.1) is 11.3 Å². The fourth-order valence-corrected chi connectivity index (χ4v) is 3.74. The number of pyridine rings is 1. The number of nitrogens with zero attached hydrogens (tertiary/aromatic N) is 3. The van der Waals surface area contributed by atoms with Crippen LogP contribution in [0.15, 0.2) is 38.6 Å². The smallest absolute Gasteiger partial charge is 0.233 e. The molecule has 1 atom stereocenters. The first-order chi connectivity index (χ1) is 13.5. The van der Waals surface area contributed by atoms with Gasteiger partial charge < -0.3 is 19.9 Å². The lowest BCUT2D eigenvalue weighted by molar-refractivity contribution is 0.518. The van der Waals surface area contributed by atoms with Crippen LogP contribution in [0.25, 0.3) is 22.6 Å². The summed E-state index contributed by atoms with van der Waals surface area (Å²) < 4.78 is 11.7. The van der Waals surface area contributed by atoms with Crippen LogP contribution >= 0.6 is 22.9 Å². The molecule has 4 heterocycles. The number of halogens is 1. The number of nitrogens with two attached hydrogens (primary N) is 1. The summed E-state index contributed by atoms with van der Waals surface area (Å²) in [5.41, 5.74) is 8.33. The Kier molecular flexibility index (Phi) is 5.05. The van der Waals surface area contributed by atoms with Crippen molar-refractivity contribution in [1.82, 2.24) is 9.97 Å². The monoisotopic (exact) mass is 413 g/mol. The van der Waals surface area contributed by atoms with Crippen molar-refractivity contribution >= 4 is 39.7 Å². The predicted molar refractivity (Wildman–Crippen MR) is 108 cm³/mol. The summed E-state index contributed by atoms with van der Waals surface area (Å²) in [6, 6.07) is 7.55.